The van der Waals surface area contributed by atoms with Gasteiger partial charge in [-0.3, -0.25) is 14.7 Å². The van der Waals surface area contributed by atoms with Crippen molar-refractivity contribution in [3.63, 3.8) is 0 Å². The highest BCUT2D eigenvalue weighted by molar-refractivity contribution is 7.18. The van der Waals surface area contributed by atoms with E-state index in [9.17, 15) is 9.59 Å². The normalized spacial score (nSPS) is 10.7. The number of carbonyl (C=O) groups is 2. The monoisotopic (exact) mass is 450 g/mol. The Balaban J connectivity index is 1.40. The quantitative estimate of drug-likeness (QED) is 0.376. The summed E-state index contributed by atoms with van der Waals surface area (Å²) in [6, 6.07) is 16.5. The number of H-pyrrole nitrogens is 1. The third-order valence-corrected chi connectivity index (χ3v) is 5.84. The smallest absolute Gasteiger partial charge is 0.229 e. The van der Waals surface area contributed by atoms with E-state index in [0.29, 0.717) is 17.3 Å². The molecule has 164 valence electrons. The van der Waals surface area contributed by atoms with E-state index in [1.54, 1.807) is 26.4 Å². The van der Waals surface area contributed by atoms with Gasteiger partial charge < -0.3 is 20.1 Å². The fourth-order valence-electron chi connectivity index (χ4n) is 3.26. The van der Waals surface area contributed by atoms with Gasteiger partial charge >= 0.3 is 0 Å². The number of hydrogen-bond donors (Lipinski definition) is 3. The molecular weight excluding hydrogens is 428 g/mol. The first-order valence-corrected chi connectivity index (χ1v) is 10.7. The highest BCUT2D eigenvalue weighted by atomic mass is 32.1. The third kappa shape index (κ3) is 4.89. The van der Waals surface area contributed by atoms with E-state index in [-0.39, 0.29) is 24.7 Å². The second-order valence-corrected chi connectivity index (χ2v) is 8.14. The summed E-state index contributed by atoms with van der Waals surface area (Å²) < 4.78 is 10.4. The number of rotatable bonds is 8. The topological polar surface area (TPSA) is 105 Å². The maximum absolute atomic E-state index is 12.5. The van der Waals surface area contributed by atoms with Crippen molar-refractivity contribution in [3.8, 4) is 11.5 Å². The van der Waals surface area contributed by atoms with Crippen LogP contribution in [0.3, 0.4) is 0 Å². The van der Waals surface area contributed by atoms with Crippen molar-refractivity contribution < 1.29 is 19.1 Å². The van der Waals surface area contributed by atoms with Gasteiger partial charge in [0.05, 0.1) is 38.1 Å². The van der Waals surface area contributed by atoms with E-state index in [1.165, 1.54) is 11.3 Å². The van der Waals surface area contributed by atoms with Crippen LogP contribution in [0.25, 0.3) is 10.2 Å². The number of amides is 2. The number of fused-ring (bicyclic) bond motifs is 1. The molecular formula is C23H22N4O4S. The molecule has 2 heterocycles. The molecule has 0 aliphatic carbocycles. The van der Waals surface area contributed by atoms with Crippen LogP contribution in [0.5, 0.6) is 11.5 Å². The molecule has 4 aromatic rings. The number of benzene rings is 2. The molecule has 0 saturated heterocycles. The minimum Gasteiger partial charge on any atom is -0.497 e. The van der Waals surface area contributed by atoms with Crippen molar-refractivity contribution in [2.24, 2.45) is 0 Å². The number of ether oxygens (including phenoxy) is 2. The zero-order valence-electron chi connectivity index (χ0n) is 17.6. The summed E-state index contributed by atoms with van der Waals surface area (Å²) >= 11 is 1.40. The lowest BCUT2D eigenvalue weighted by Gasteiger charge is -2.09. The van der Waals surface area contributed by atoms with Crippen LogP contribution < -0.4 is 20.1 Å². The number of carbonyl (C=O) groups excluding carboxylic acids is 2. The van der Waals surface area contributed by atoms with Gasteiger partial charge in [-0.25, -0.2) is 0 Å². The van der Waals surface area contributed by atoms with Gasteiger partial charge in [0.1, 0.15) is 22.1 Å². The Kier molecular flexibility index (Phi) is 6.37. The molecule has 9 heteroatoms. The molecule has 0 fully saturated rings. The molecule has 0 bridgehead atoms. The number of nitrogens with one attached hydrogen (secondary N) is 3. The number of methoxy groups -OCH3 is 2. The van der Waals surface area contributed by atoms with Gasteiger partial charge in [-0.05, 0) is 35.9 Å². The Hall–Kier alpha value is -3.85. The molecule has 0 aliphatic heterocycles. The second kappa shape index (κ2) is 9.52. The van der Waals surface area contributed by atoms with Crippen molar-refractivity contribution >= 4 is 44.9 Å². The summed E-state index contributed by atoms with van der Waals surface area (Å²) in [6.07, 6.45) is 0.418. The van der Waals surface area contributed by atoms with E-state index in [1.807, 2.05) is 42.5 Å². The van der Waals surface area contributed by atoms with E-state index in [2.05, 4.69) is 20.8 Å². The molecule has 32 heavy (non-hydrogen) atoms. The van der Waals surface area contributed by atoms with E-state index < -0.39 is 0 Å². The van der Waals surface area contributed by atoms with E-state index in [0.717, 1.165) is 26.4 Å². The summed E-state index contributed by atoms with van der Waals surface area (Å²) in [5, 5.41) is 13.6. The lowest BCUT2D eigenvalue weighted by Crippen LogP contribution is -2.15. The van der Waals surface area contributed by atoms with Gasteiger partial charge in [0.25, 0.3) is 0 Å². The SMILES string of the molecule is COc1ccc(CC(=O)Nc2[nH]nc3sc(CC(=O)Nc4ccccc4OC)cc23)cc1. The van der Waals surface area contributed by atoms with Crippen LogP contribution in [0, 0.1) is 0 Å². The zero-order chi connectivity index (χ0) is 22.5. The maximum atomic E-state index is 12.5. The Morgan fingerprint density at radius 3 is 2.47 bits per heavy atom. The summed E-state index contributed by atoms with van der Waals surface area (Å²) in [5.74, 6) is 1.54. The number of hydrogen-bond acceptors (Lipinski definition) is 6. The van der Waals surface area contributed by atoms with Crippen LogP contribution in [0.15, 0.2) is 54.6 Å². The van der Waals surface area contributed by atoms with Crippen molar-refractivity contribution in [1.29, 1.82) is 0 Å². The number of nitrogens with zero attached hydrogens (tertiary/aromatic N) is 1. The zero-order valence-corrected chi connectivity index (χ0v) is 18.4. The summed E-state index contributed by atoms with van der Waals surface area (Å²) in [5.41, 5.74) is 1.49. The average molecular weight is 451 g/mol. The van der Waals surface area contributed by atoms with Crippen LogP contribution >= 0.6 is 11.3 Å². The maximum Gasteiger partial charge on any atom is 0.229 e. The Labute approximate surface area is 188 Å². The number of thiophene rings is 1. The molecule has 2 aromatic carbocycles. The van der Waals surface area contributed by atoms with Crippen LogP contribution in [0.4, 0.5) is 11.5 Å². The number of aromatic nitrogens is 2. The summed E-state index contributed by atoms with van der Waals surface area (Å²) in [6.45, 7) is 0. The largest absolute Gasteiger partial charge is 0.497 e. The number of anilines is 2. The van der Waals surface area contributed by atoms with Crippen molar-refractivity contribution in [3.05, 3.63) is 65.0 Å². The van der Waals surface area contributed by atoms with E-state index in [4.69, 9.17) is 9.47 Å². The molecule has 3 N–H and O–H groups in total. The van der Waals surface area contributed by atoms with Gasteiger partial charge in [0.15, 0.2) is 0 Å². The first-order chi connectivity index (χ1) is 15.6. The molecule has 0 unspecified atom stereocenters. The van der Waals surface area contributed by atoms with E-state index >= 15 is 0 Å². The molecule has 4 rings (SSSR count). The predicted octanol–water partition coefficient (Wildman–Crippen LogP) is 4.00. The molecule has 8 nitrogen and oxygen atoms in total. The third-order valence-electron chi connectivity index (χ3n) is 4.81. The second-order valence-electron chi connectivity index (χ2n) is 7.03. The molecule has 0 saturated carbocycles. The molecule has 0 spiro atoms. The van der Waals surface area contributed by atoms with Gasteiger partial charge in [-0.2, -0.15) is 5.10 Å². The first kappa shape index (κ1) is 21.4. The minimum absolute atomic E-state index is 0.160. The molecule has 2 amide bonds. The molecule has 2 aromatic heterocycles. The van der Waals surface area contributed by atoms with Crippen LogP contribution in [0.1, 0.15) is 10.4 Å². The predicted molar refractivity (Wildman–Crippen MR) is 125 cm³/mol. The van der Waals surface area contributed by atoms with Crippen LogP contribution in [-0.4, -0.2) is 36.2 Å². The standard InChI is InChI=1S/C23H22N4O4S/c1-30-15-9-7-14(8-10-15)11-20(28)25-22-17-12-16(32-23(17)27-26-22)13-21(29)24-18-5-3-4-6-19(18)31-2/h3-10,12H,11,13H2,1-2H3,(H,24,29)(H2,25,26,27,28). The Morgan fingerprint density at radius 1 is 0.969 bits per heavy atom. The highest BCUT2D eigenvalue weighted by Crippen LogP contribution is 2.30. The van der Waals surface area contributed by atoms with Crippen molar-refractivity contribution in [2.45, 2.75) is 12.8 Å². The fourth-order valence-corrected chi connectivity index (χ4v) is 4.25. The highest BCUT2D eigenvalue weighted by Gasteiger charge is 2.15. The minimum atomic E-state index is -0.164. The van der Waals surface area contributed by atoms with Gasteiger partial charge in [0.2, 0.25) is 11.8 Å². The first-order valence-electron chi connectivity index (χ1n) is 9.88. The van der Waals surface area contributed by atoms with Crippen molar-refractivity contribution in [2.75, 3.05) is 24.9 Å². The van der Waals surface area contributed by atoms with Gasteiger partial charge in [0, 0.05) is 4.88 Å². The lowest BCUT2D eigenvalue weighted by molar-refractivity contribution is -0.116. The molecule has 0 radical (unpaired) electrons. The van der Waals surface area contributed by atoms with Crippen LogP contribution in [0.2, 0.25) is 0 Å². The summed E-state index contributed by atoms with van der Waals surface area (Å²) in [4.78, 5) is 26.5. The number of para-hydroxylation sites is 2. The average Bonchev–Trinajstić information content (AvgIpc) is 3.35. The Morgan fingerprint density at radius 2 is 1.72 bits per heavy atom. The number of aromatic amines is 1. The summed E-state index contributed by atoms with van der Waals surface area (Å²) in [7, 11) is 3.16. The van der Waals surface area contributed by atoms with Gasteiger partial charge in [-0.15, -0.1) is 11.3 Å². The molecule has 0 atom stereocenters. The van der Waals surface area contributed by atoms with Crippen LogP contribution in [-0.2, 0) is 22.4 Å². The van der Waals surface area contributed by atoms with Crippen molar-refractivity contribution in [1.82, 2.24) is 10.2 Å². The lowest BCUT2D eigenvalue weighted by atomic mass is 10.1. The Bertz CT molecular complexity index is 1250. The molecule has 0 aliphatic rings. The van der Waals surface area contributed by atoms with Gasteiger partial charge in [-0.1, -0.05) is 24.3 Å². The fraction of sp³-hybridized carbons (Fsp3) is 0.174.